The van der Waals surface area contributed by atoms with E-state index < -0.39 is 23.8 Å². The predicted molar refractivity (Wildman–Crippen MR) is 99.1 cm³/mol. The molecule has 0 saturated carbocycles. The number of hydrogen-bond acceptors (Lipinski definition) is 6. The molecule has 0 bridgehead atoms. The first kappa shape index (κ1) is 22.4. The Morgan fingerprint density at radius 1 is 1.24 bits per heavy atom. The number of halogens is 4. The number of nitrogens with zero attached hydrogens (tertiary/aromatic N) is 1. The summed E-state index contributed by atoms with van der Waals surface area (Å²) in [6.07, 6.45) is -4.41. The van der Waals surface area contributed by atoms with Crippen LogP contribution in [0.3, 0.4) is 0 Å². The van der Waals surface area contributed by atoms with Crippen molar-refractivity contribution in [3.63, 3.8) is 0 Å². The molecule has 156 valence electrons. The second-order valence-electron chi connectivity index (χ2n) is 5.70. The van der Waals surface area contributed by atoms with Gasteiger partial charge in [0.25, 0.3) is 0 Å². The highest BCUT2D eigenvalue weighted by Crippen LogP contribution is 2.37. The summed E-state index contributed by atoms with van der Waals surface area (Å²) in [6, 6.07) is 7.00. The molecule has 2 aromatic rings. The lowest BCUT2D eigenvalue weighted by Gasteiger charge is -2.16. The van der Waals surface area contributed by atoms with E-state index in [1.165, 1.54) is 25.1 Å². The summed E-state index contributed by atoms with van der Waals surface area (Å²) in [5, 5.41) is 11.5. The van der Waals surface area contributed by atoms with E-state index in [4.69, 9.17) is 31.0 Å². The van der Waals surface area contributed by atoms with E-state index in [0.29, 0.717) is 5.56 Å². The largest absolute Gasteiger partial charge is 0.478 e. The molecule has 0 aliphatic carbocycles. The fourth-order valence-electron chi connectivity index (χ4n) is 2.23. The lowest BCUT2D eigenvalue weighted by molar-refractivity contribution is -0.150. The van der Waals surface area contributed by atoms with E-state index >= 15 is 0 Å². The Balaban J connectivity index is 2.29. The summed E-state index contributed by atoms with van der Waals surface area (Å²) in [4.78, 5) is 11.8. The lowest BCUT2D eigenvalue weighted by atomic mass is 10.2. The number of ether oxygens (including phenoxy) is 3. The molecule has 0 radical (unpaired) electrons. The van der Waals surface area contributed by atoms with Crippen LogP contribution in [0.4, 0.5) is 13.2 Å². The maximum atomic E-state index is 12.8. The molecule has 1 unspecified atom stereocenters. The molecule has 1 N–H and O–H groups in total. The van der Waals surface area contributed by atoms with E-state index in [0.717, 1.165) is 24.4 Å². The first-order chi connectivity index (χ1) is 13.7. The average Bonchev–Trinajstić information content (AvgIpc) is 2.65. The van der Waals surface area contributed by atoms with E-state index in [-0.39, 0.29) is 28.9 Å². The Kier molecular flexibility index (Phi) is 7.33. The predicted octanol–water partition coefficient (Wildman–Crippen LogP) is 5.29. The molecule has 0 aromatic heterocycles. The molecule has 0 heterocycles. The minimum atomic E-state index is -4.53. The molecule has 0 aliphatic rings. The van der Waals surface area contributed by atoms with E-state index in [9.17, 15) is 18.0 Å². The van der Waals surface area contributed by atoms with Gasteiger partial charge in [0, 0.05) is 11.6 Å². The van der Waals surface area contributed by atoms with Gasteiger partial charge >= 0.3 is 12.1 Å². The van der Waals surface area contributed by atoms with Crippen LogP contribution in [0.5, 0.6) is 17.2 Å². The first-order valence-electron chi connectivity index (χ1n) is 8.35. The van der Waals surface area contributed by atoms with Crippen molar-refractivity contribution in [3.8, 4) is 17.2 Å². The Morgan fingerprint density at radius 3 is 2.55 bits per heavy atom. The van der Waals surface area contributed by atoms with Gasteiger partial charge < -0.3 is 19.4 Å². The van der Waals surface area contributed by atoms with E-state index in [2.05, 4.69) is 5.16 Å². The third kappa shape index (κ3) is 6.02. The number of hydrogen-bond donors (Lipinski definition) is 1. The number of carbonyl (C=O) groups excluding carboxylic acids is 1. The molecule has 1 atom stereocenters. The summed E-state index contributed by atoms with van der Waals surface area (Å²) < 4.78 is 54.2. The zero-order valence-corrected chi connectivity index (χ0v) is 16.1. The maximum Gasteiger partial charge on any atom is 0.416 e. The van der Waals surface area contributed by atoms with Crippen LogP contribution in [0, 0.1) is 0 Å². The van der Waals surface area contributed by atoms with Crippen LogP contribution >= 0.6 is 11.6 Å². The molecule has 0 amide bonds. The number of rotatable bonds is 7. The van der Waals surface area contributed by atoms with Gasteiger partial charge in [-0.05, 0) is 44.2 Å². The SMILES string of the molecule is CCOC(=O)C(C)Oc1cc(Oc2ccc(C(F)(F)F)cc2Cl)ccc1C=NO. The molecule has 0 saturated heterocycles. The monoisotopic (exact) mass is 431 g/mol. The van der Waals surface area contributed by atoms with Gasteiger partial charge in [0.1, 0.15) is 17.2 Å². The fourth-order valence-corrected chi connectivity index (χ4v) is 2.45. The highest BCUT2D eigenvalue weighted by molar-refractivity contribution is 6.32. The standard InChI is InChI=1S/C19H17ClF3NO5/c1-3-27-18(25)11(2)28-17-9-14(6-4-12(17)10-24-26)29-16-7-5-13(8-15(16)20)19(21,22)23/h4-11,26H,3H2,1-2H3. The molecule has 2 rings (SSSR count). The van der Waals surface area contributed by atoms with Crippen molar-refractivity contribution >= 4 is 23.8 Å². The normalized spacial score (nSPS) is 12.6. The van der Waals surface area contributed by atoms with Crippen molar-refractivity contribution < 1.29 is 37.4 Å². The summed E-state index contributed by atoms with van der Waals surface area (Å²) in [6.45, 7) is 3.29. The van der Waals surface area contributed by atoms with Gasteiger partial charge in [0.2, 0.25) is 0 Å². The molecule has 2 aromatic carbocycles. The zero-order chi connectivity index (χ0) is 21.6. The Hall–Kier alpha value is -2.94. The molecular formula is C19H17ClF3NO5. The van der Waals surface area contributed by atoms with Gasteiger partial charge in [-0.2, -0.15) is 13.2 Å². The van der Waals surface area contributed by atoms with Gasteiger partial charge in [-0.15, -0.1) is 0 Å². The average molecular weight is 432 g/mol. The molecule has 10 heteroatoms. The smallest absolute Gasteiger partial charge is 0.416 e. The van der Waals surface area contributed by atoms with Crippen molar-refractivity contribution in [2.75, 3.05) is 6.61 Å². The summed E-state index contributed by atoms with van der Waals surface area (Å²) in [7, 11) is 0. The Labute approximate surface area is 169 Å². The number of alkyl halides is 3. The van der Waals surface area contributed by atoms with Crippen LogP contribution in [-0.4, -0.2) is 30.1 Å². The van der Waals surface area contributed by atoms with Crippen molar-refractivity contribution in [2.45, 2.75) is 26.1 Å². The van der Waals surface area contributed by atoms with Crippen LogP contribution in [0.2, 0.25) is 5.02 Å². The lowest BCUT2D eigenvalue weighted by Crippen LogP contribution is -2.26. The zero-order valence-electron chi connectivity index (χ0n) is 15.4. The number of benzene rings is 2. The Morgan fingerprint density at radius 2 is 1.97 bits per heavy atom. The summed E-state index contributed by atoms with van der Waals surface area (Å²) in [5.41, 5.74) is -0.578. The molecule has 0 spiro atoms. The van der Waals surface area contributed by atoms with Crippen molar-refractivity contribution in [1.82, 2.24) is 0 Å². The van der Waals surface area contributed by atoms with Crippen LogP contribution in [0.15, 0.2) is 41.6 Å². The van der Waals surface area contributed by atoms with Crippen molar-refractivity contribution in [1.29, 1.82) is 0 Å². The molecule has 0 fully saturated rings. The van der Waals surface area contributed by atoms with Crippen LogP contribution < -0.4 is 9.47 Å². The summed E-state index contributed by atoms with van der Waals surface area (Å²) >= 11 is 5.90. The topological polar surface area (TPSA) is 77.4 Å². The minimum Gasteiger partial charge on any atom is -0.478 e. The van der Waals surface area contributed by atoms with Crippen LogP contribution in [0.1, 0.15) is 25.0 Å². The molecule has 0 aliphatic heterocycles. The highest BCUT2D eigenvalue weighted by atomic mass is 35.5. The van der Waals surface area contributed by atoms with Gasteiger partial charge in [0.05, 0.1) is 23.4 Å². The second-order valence-corrected chi connectivity index (χ2v) is 6.11. The number of oxime groups is 1. The quantitative estimate of drug-likeness (QED) is 0.279. The summed E-state index contributed by atoms with van der Waals surface area (Å²) in [5.74, 6) is -0.305. The van der Waals surface area contributed by atoms with E-state index in [1.807, 2.05) is 0 Å². The van der Waals surface area contributed by atoms with Gasteiger partial charge in [-0.1, -0.05) is 16.8 Å². The second kappa shape index (κ2) is 9.51. The van der Waals surface area contributed by atoms with Gasteiger partial charge in [-0.25, -0.2) is 4.79 Å². The molecular weight excluding hydrogens is 415 g/mol. The van der Waals surface area contributed by atoms with Crippen LogP contribution in [0.25, 0.3) is 0 Å². The maximum absolute atomic E-state index is 12.8. The highest BCUT2D eigenvalue weighted by Gasteiger charge is 2.31. The third-order valence-corrected chi connectivity index (χ3v) is 3.89. The van der Waals surface area contributed by atoms with Crippen molar-refractivity contribution in [2.24, 2.45) is 5.16 Å². The Bertz CT molecular complexity index is 902. The molecule has 6 nitrogen and oxygen atoms in total. The first-order valence-corrected chi connectivity index (χ1v) is 8.72. The minimum absolute atomic E-state index is 0.00682. The number of carbonyl (C=O) groups is 1. The van der Waals surface area contributed by atoms with Crippen LogP contribution in [-0.2, 0) is 15.7 Å². The van der Waals surface area contributed by atoms with Gasteiger partial charge in [0.15, 0.2) is 6.10 Å². The van der Waals surface area contributed by atoms with Crippen molar-refractivity contribution in [3.05, 3.63) is 52.5 Å². The third-order valence-electron chi connectivity index (χ3n) is 3.59. The fraction of sp³-hybridized carbons (Fsp3) is 0.263. The molecule has 29 heavy (non-hydrogen) atoms. The number of esters is 1. The van der Waals surface area contributed by atoms with Gasteiger partial charge in [-0.3, -0.25) is 0 Å². The van der Waals surface area contributed by atoms with E-state index in [1.54, 1.807) is 6.92 Å².